The molecule has 0 atom stereocenters. The van der Waals surface area contributed by atoms with Gasteiger partial charge < -0.3 is 10.4 Å². The lowest BCUT2D eigenvalue weighted by Crippen LogP contribution is -2.29. The molecule has 2 rings (SSSR count). The van der Waals surface area contributed by atoms with E-state index in [4.69, 9.17) is 0 Å². The fourth-order valence-electron chi connectivity index (χ4n) is 1.65. The molecule has 0 radical (unpaired) electrons. The Morgan fingerprint density at radius 1 is 1.21 bits per heavy atom. The predicted octanol–water partition coefficient (Wildman–Crippen LogP) is 2.24. The molecule has 0 unspecified atom stereocenters. The van der Waals surface area contributed by atoms with Gasteiger partial charge in [-0.05, 0) is 38.1 Å². The molecular formula is C11H15NOS. The Hall–Kier alpha value is -0.670. The molecule has 0 spiro atoms. The Balaban J connectivity index is 1.99. The number of benzene rings is 1. The van der Waals surface area contributed by atoms with E-state index in [1.165, 1.54) is 12.8 Å². The quantitative estimate of drug-likeness (QED) is 0.783. The van der Waals surface area contributed by atoms with E-state index in [1.54, 1.807) is 17.8 Å². The van der Waals surface area contributed by atoms with Crippen LogP contribution in [-0.2, 0) is 0 Å². The van der Waals surface area contributed by atoms with Crippen LogP contribution in [0.25, 0.3) is 0 Å². The Morgan fingerprint density at radius 3 is 2.64 bits per heavy atom. The number of aromatic hydroxyl groups is 1. The van der Waals surface area contributed by atoms with Crippen molar-refractivity contribution < 1.29 is 5.11 Å². The zero-order valence-electron chi connectivity index (χ0n) is 8.07. The van der Waals surface area contributed by atoms with Crippen LogP contribution in [0.4, 0.5) is 0 Å². The molecule has 0 amide bonds. The van der Waals surface area contributed by atoms with E-state index >= 15 is 0 Å². The fourth-order valence-corrected chi connectivity index (χ4v) is 2.83. The van der Waals surface area contributed by atoms with Gasteiger partial charge in [-0.25, -0.2) is 0 Å². The van der Waals surface area contributed by atoms with Gasteiger partial charge in [0.25, 0.3) is 0 Å². The molecule has 0 aromatic heterocycles. The largest absolute Gasteiger partial charge is 0.507 e. The number of nitrogens with one attached hydrogen (secondary N) is 1. The highest BCUT2D eigenvalue weighted by atomic mass is 32.2. The van der Waals surface area contributed by atoms with Gasteiger partial charge in [-0.3, -0.25) is 0 Å². The summed E-state index contributed by atoms with van der Waals surface area (Å²) >= 11 is 1.80. The maximum absolute atomic E-state index is 9.60. The molecule has 1 aliphatic rings. The Kier molecular flexibility index (Phi) is 3.32. The van der Waals surface area contributed by atoms with Gasteiger partial charge in [0.05, 0.1) is 0 Å². The van der Waals surface area contributed by atoms with Crippen LogP contribution < -0.4 is 5.32 Å². The first kappa shape index (κ1) is 9.87. The molecule has 2 nitrogen and oxygen atoms in total. The van der Waals surface area contributed by atoms with E-state index in [2.05, 4.69) is 5.32 Å². The number of rotatable bonds is 2. The number of piperidine rings is 1. The Labute approximate surface area is 88.7 Å². The minimum Gasteiger partial charge on any atom is -0.507 e. The molecule has 14 heavy (non-hydrogen) atoms. The molecule has 0 saturated carbocycles. The average Bonchev–Trinajstić information content (AvgIpc) is 2.23. The number of phenolic OH excluding ortho intramolecular Hbond substituents is 1. The van der Waals surface area contributed by atoms with Crippen molar-refractivity contribution in [2.75, 3.05) is 13.1 Å². The minimum atomic E-state index is 0.413. The number of hydrogen-bond donors (Lipinski definition) is 2. The summed E-state index contributed by atoms with van der Waals surface area (Å²) in [6.45, 7) is 2.20. The molecular weight excluding hydrogens is 194 g/mol. The molecule has 1 aliphatic heterocycles. The van der Waals surface area contributed by atoms with Crippen molar-refractivity contribution in [1.29, 1.82) is 0 Å². The number of phenols is 1. The molecule has 1 saturated heterocycles. The first-order chi connectivity index (χ1) is 6.86. The van der Waals surface area contributed by atoms with E-state index < -0.39 is 0 Å². The standard InChI is InChI=1S/C11H15NOS/c13-10-3-1-2-4-11(10)14-9-5-7-12-8-6-9/h1-4,9,12-13H,5-8H2. The number of thioether (sulfide) groups is 1. The lowest BCUT2D eigenvalue weighted by molar-refractivity contribution is 0.461. The van der Waals surface area contributed by atoms with Crippen LogP contribution in [0, 0.1) is 0 Å². The van der Waals surface area contributed by atoms with Gasteiger partial charge in [0, 0.05) is 10.1 Å². The van der Waals surface area contributed by atoms with Crippen LogP contribution in [0.1, 0.15) is 12.8 Å². The molecule has 2 N–H and O–H groups in total. The van der Waals surface area contributed by atoms with Gasteiger partial charge >= 0.3 is 0 Å². The highest BCUT2D eigenvalue weighted by Crippen LogP contribution is 2.34. The van der Waals surface area contributed by atoms with Crippen molar-refractivity contribution in [1.82, 2.24) is 5.32 Å². The molecule has 1 heterocycles. The van der Waals surface area contributed by atoms with Crippen LogP contribution in [0.5, 0.6) is 5.75 Å². The van der Waals surface area contributed by atoms with E-state index in [0.29, 0.717) is 11.0 Å². The van der Waals surface area contributed by atoms with E-state index in [9.17, 15) is 5.11 Å². The van der Waals surface area contributed by atoms with Crippen molar-refractivity contribution in [3.63, 3.8) is 0 Å². The molecule has 1 aromatic rings. The van der Waals surface area contributed by atoms with Gasteiger partial charge in [-0.15, -0.1) is 11.8 Å². The molecule has 1 aromatic carbocycles. The van der Waals surface area contributed by atoms with Gasteiger partial charge in [-0.2, -0.15) is 0 Å². The topological polar surface area (TPSA) is 32.3 Å². The molecule has 76 valence electrons. The Bertz CT molecular complexity index is 297. The predicted molar refractivity (Wildman–Crippen MR) is 59.9 cm³/mol. The number of hydrogen-bond acceptors (Lipinski definition) is 3. The number of para-hydroxylation sites is 1. The summed E-state index contributed by atoms with van der Waals surface area (Å²) < 4.78 is 0. The first-order valence-electron chi connectivity index (χ1n) is 5.01. The summed E-state index contributed by atoms with van der Waals surface area (Å²) in [6.07, 6.45) is 2.39. The molecule has 0 bridgehead atoms. The van der Waals surface area contributed by atoms with Gasteiger partial charge in [0.2, 0.25) is 0 Å². The van der Waals surface area contributed by atoms with Crippen LogP contribution in [0.15, 0.2) is 29.2 Å². The first-order valence-corrected chi connectivity index (χ1v) is 5.89. The molecule has 3 heteroatoms. The summed E-state index contributed by atoms with van der Waals surface area (Å²) in [4.78, 5) is 1.01. The van der Waals surface area contributed by atoms with E-state index in [-0.39, 0.29) is 0 Å². The Morgan fingerprint density at radius 2 is 1.93 bits per heavy atom. The van der Waals surface area contributed by atoms with Gasteiger partial charge in [-0.1, -0.05) is 12.1 Å². The highest BCUT2D eigenvalue weighted by molar-refractivity contribution is 8.00. The molecule has 0 aliphatic carbocycles. The van der Waals surface area contributed by atoms with Crippen LogP contribution >= 0.6 is 11.8 Å². The average molecular weight is 209 g/mol. The van der Waals surface area contributed by atoms with Crippen molar-refractivity contribution in [2.45, 2.75) is 23.0 Å². The minimum absolute atomic E-state index is 0.413. The normalized spacial score (nSPS) is 18.3. The molecule has 1 fully saturated rings. The van der Waals surface area contributed by atoms with Crippen molar-refractivity contribution in [3.05, 3.63) is 24.3 Å². The van der Waals surface area contributed by atoms with Crippen LogP contribution in [0.3, 0.4) is 0 Å². The fraction of sp³-hybridized carbons (Fsp3) is 0.455. The monoisotopic (exact) mass is 209 g/mol. The third-order valence-corrected chi connectivity index (χ3v) is 3.85. The van der Waals surface area contributed by atoms with Gasteiger partial charge in [0.1, 0.15) is 5.75 Å². The van der Waals surface area contributed by atoms with E-state index in [0.717, 1.165) is 18.0 Å². The highest BCUT2D eigenvalue weighted by Gasteiger charge is 2.15. The third-order valence-electron chi connectivity index (χ3n) is 2.45. The van der Waals surface area contributed by atoms with Crippen molar-refractivity contribution in [2.24, 2.45) is 0 Å². The smallest absolute Gasteiger partial charge is 0.129 e. The van der Waals surface area contributed by atoms with Gasteiger partial charge in [0.15, 0.2) is 0 Å². The second kappa shape index (κ2) is 4.71. The second-order valence-corrected chi connectivity index (χ2v) is 4.88. The second-order valence-electron chi connectivity index (χ2n) is 3.53. The maximum atomic E-state index is 9.60. The zero-order chi connectivity index (χ0) is 9.80. The third kappa shape index (κ3) is 2.42. The summed E-state index contributed by atoms with van der Waals surface area (Å²) in [6, 6.07) is 7.58. The lowest BCUT2D eigenvalue weighted by atomic mass is 10.2. The SMILES string of the molecule is Oc1ccccc1SC1CCNCC1. The maximum Gasteiger partial charge on any atom is 0.129 e. The van der Waals surface area contributed by atoms with Crippen LogP contribution in [0.2, 0.25) is 0 Å². The summed E-state index contributed by atoms with van der Waals surface area (Å²) in [5.41, 5.74) is 0. The van der Waals surface area contributed by atoms with Crippen molar-refractivity contribution in [3.8, 4) is 5.75 Å². The van der Waals surface area contributed by atoms with E-state index in [1.807, 2.05) is 18.2 Å². The lowest BCUT2D eigenvalue weighted by Gasteiger charge is -2.22. The summed E-state index contributed by atoms with van der Waals surface area (Å²) in [7, 11) is 0. The summed E-state index contributed by atoms with van der Waals surface area (Å²) in [5.74, 6) is 0.413. The zero-order valence-corrected chi connectivity index (χ0v) is 8.89. The summed E-state index contributed by atoms with van der Waals surface area (Å²) in [5, 5.41) is 13.6. The van der Waals surface area contributed by atoms with Crippen LogP contribution in [-0.4, -0.2) is 23.4 Å². The van der Waals surface area contributed by atoms with Crippen molar-refractivity contribution >= 4 is 11.8 Å².